The maximum atomic E-state index is 5.41. The highest BCUT2D eigenvalue weighted by molar-refractivity contribution is 7.22. The third-order valence-corrected chi connectivity index (χ3v) is 11.7. The molecule has 3 heterocycles. The molecule has 0 saturated heterocycles. The summed E-state index contributed by atoms with van der Waals surface area (Å²) >= 11 is 1.78. The topological polar surface area (TPSA) is 22.8 Å². The van der Waals surface area contributed by atoms with Crippen LogP contribution in [0.25, 0.3) is 98.0 Å². The van der Waals surface area contributed by atoms with Gasteiger partial charge in [0.05, 0.1) is 32.3 Å². The molecule has 0 aliphatic carbocycles. The number of benzene rings is 8. The SMILES string of the molecule is c1ccc(-c2nc3c(-c4ccc5c(c4)c4ccccc4n5-c4ccccc4)ccc(-c4ccc5c(c4)c4ccccc4n5-c4ccccc4)c3s2)cc1. The number of hydrogen-bond acceptors (Lipinski definition) is 2. The number of nitrogens with zero attached hydrogens (tertiary/aromatic N) is 3. The van der Waals surface area contributed by atoms with Crippen molar-refractivity contribution in [3.63, 3.8) is 0 Å². The minimum Gasteiger partial charge on any atom is -0.309 e. The van der Waals surface area contributed by atoms with Crippen LogP contribution in [0.15, 0.2) is 188 Å². The van der Waals surface area contributed by atoms with Gasteiger partial charge in [0.25, 0.3) is 0 Å². The zero-order valence-electron chi connectivity index (χ0n) is 28.6. The first-order chi connectivity index (χ1) is 26.3. The predicted octanol–water partition coefficient (Wildman–Crippen LogP) is 13.5. The van der Waals surface area contributed by atoms with Crippen molar-refractivity contribution in [3.05, 3.63) is 188 Å². The Bertz CT molecular complexity index is 2960. The summed E-state index contributed by atoms with van der Waals surface area (Å²) in [6.45, 7) is 0. The van der Waals surface area contributed by atoms with Gasteiger partial charge in [0.1, 0.15) is 5.01 Å². The molecule has 0 aliphatic heterocycles. The summed E-state index contributed by atoms with van der Waals surface area (Å²) in [5.74, 6) is 0. The molecule has 11 rings (SSSR count). The molecule has 0 spiro atoms. The molecule has 0 atom stereocenters. The van der Waals surface area contributed by atoms with Crippen molar-refractivity contribution in [2.24, 2.45) is 0 Å². The molecular formula is C49H31N3S. The quantitative estimate of drug-likeness (QED) is 0.176. The van der Waals surface area contributed by atoms with Crippen LogP contribution in [0.1, 0.15) is 0 Å². The molecule has 0 aliphatic rings. The molecule has 248 valence electrons. The van der Waals surface area contributed by atoms with Gasteiger partial charge < -0.3 is 9.13 Å². The van der Waals surface area contributed by atoms with Gasteiger partial charge in [-0.3, -0.25) is 0 Å². The molecule has 0 radical (unpaired) electrons. The minimum atomic E-state index is 1.03. The van der Waals surface area contributed by atoms with E-state index in [0.29, 0.717) is 0 Å². The highest BCUT2D eigenvalue weighted by Gasteiger charge is 2.20. The maximum Gasteiger partial charge on any atom is 0.124 e. The van der Waals surface area contributed by atoms with Crippen LogP contribution in [0.4, 0.5) is 0 Å². The molecular weight excluding hydrogens is 663 g/mol. The molecule has 3 nitrogen and oxygen atoms in total. The summed E-state index contributed by atoms with van der Waals surface area (Å²) in [6, 6.07) is 67.7. The van der Waals surface area contributed by atoms with E-state index in [9.17, 15) is 0 Å². The lowest BCUT2D eigenvalue weighted by atomic mass is 9.97. The summed E-state index contributed by atoms with van der Waals surface area (Å²) in [4.78, 5) is 5.41. The van der Waals surface area contributed by atoms with E-state index in [2.05, 4.69) is 197 Å². The minimum absolute atomic E-state index is 1.03. The van der Waals surface area contributed by atoms with E-state index < -0.39 is 0 Å². The zero-order valence-corrected chi connectivity index (χ0v) is 29.5. The van der Waals surface area contributed by atoms with Crippen LogP contribution in [0.5, 0.6) is 0 Å². The Balaban J connectivity index is 1.13. The maximum absolute atomic E-state index is 5.41. The predicted molar refractivity (Wildman–Crippen MR) is 225 cm³/mol. The Morgan fingerprint density at radius 1 is 0.358 bits per heavy atom. The molecule has 8 aromatic carbocycles. The van der Waals surface area contributed by atoms with Crippen LogP contribution in [0.2, 0.25) is 0 Å². The van der Waals surface area contributed by atoms with Crippen molar-refractivity contribution < 1.29 is 0 Å². The van der Waals surface area contributed by atoms with Crippen molar-refractivity contribution in [1.29, 1.82) is 0 Å². The summed E-state index contributed by atoms with van der Waals surface area (Å²) < 4.78 is 5.94. The van der Waals surface area contributed by atoms with Crippen molar-refractivity contribution in [2.75, 3.05) is 0 Å². The van der Waals surface area contributed by atoms with Crippen LogP contribution >= 0.6 is 11.3 Å². The van der Waals surface area contributed by atoms with Gasteiger partial charge in [-0.15, -0.1) is 11.3 Å². The average Bonchev–Trinajstić information content (AvgIpc) is 3.92. The highest BCUT2D eigenvalue weighted by atomic mass is 32.1. The van der Waals surface area contributed by atoms with E-state index in [-0.39, 0.29) is 0 Å². The molecule has 0 N–H and O–H groups in total. The van der Waals surface area contributed by atoms with Crippen LogP contribution < -0.4 is 0 Å². The van der Waals surface area contributed by atoms with E-state index in [1.165, 1.54) is 59.4 Å². The summed E-state index contributed by atoms with van der Waals surface area (Å²) in [6.07, 6.45) is 0. The fourth-order valence-electron chi connectivity index (χ4n) is 8.16. The van der Waals surface area contributed by atoms with Gasteiger partial charge in [-0.25, -0.2) is 4.98 Å². The van der Waals surface area contributed by atoms with E-state index in [1.807, 2.05) is 0 Å². The van der Waals surface area contributed by atoms with Crippen molar-refractivity contribution >= 4 is 65.2 Å². The second-order valence-electron chi connectivity index (χ2n) is 13.6. The number of hydrogen-bond donors (Lipinski definition) is 0. The number of fused-ring (bicyclic) bond motifs is 7. The first kappa shape index (κ1) is 29.9. The van der Waals surface area contributed by atoms with Crippen molar-refractivity contribution in [3.8, 4) is 44.2 Å². The van der Waals surface area contributed by atoms with Gasteiger partial charge in [0.15, 0.2) is 0 Å². The number of aromatic nitrogens is 3. The first-order valence-electron chi connectivity index (χ1n) is 18.0. The summed E-state index contributed by atoms with van der Waals surface area (Å²) in [7, 11) is 0. The highest BCUT2D eigenvalue weighted by Crippen LogP contribution is 2.44. The fraction of sp³-hybridized carbons (Fsp3) is 0. The Kier molecular flexibility index (Phi) is 6.73. The summed E-state index contributed by atoms with van der Waals surface area (Å²) in [5.41, 5.74) is 14.0. The van der Waals surface area contributed by atoms with Crippen LogP contribution in [0.3, 0.4) is 0 Å². The Morgan fingerprint density at radius 2 is 0.811 bits per heavy atom. The van der Waals surface area contributed by atoms with Crippen LogP contribution in [-0.4, -0.2) is 14.1 Å². The van der Waals surface area contributed by atoms with Crippen LogP contribution in [0, 0.1) is 0 Å². The van der Waals surface area contributed by atoms with E-state index in [1.54, 1.807) is 11.3 Å². The lowest BCUT2D eigenvalue weighted by Crippen LogP contribution is -1.93. The van der Waals surface area contributed by atoms with Gasteiger partial charge in [0, 0.05) is 49.6 Å². The normalized spacial score (nSPS) is 11.8. The van der Waals surface area contributed by atoms with Gasteiger partial charge in [-0.05, 0) is 71.8 Å². The Labute approximate surface area is 310 Å². The number of rotatable bonds is 5. The summed E-state index contributed by atoms with van der Waals surface area (Å²) in [5, 5.41) is 5.99. The molecule has 0 unspecified atom stereocenters. The van der Waals surface area contributed by atoms with Gasteiger partial charge in [-0.1, -0.05) is 127 Å². The van der Waals surface area contributed by atoms with E-state index >= 15 is 0 Å². The largest absolute Gasteiger partial charge is 0.309 e. The van der Waals surface area contributed by atoms with Crippen molar-refractivity contribution in [1.82, 2.24) is 14.1 Å². The van der Waals surface area contributed by atoms with E-state index in [0.717, 1.165) is 38.6 Å². The molecule has 0 fully saturated rings. The third-order valence-electron chi connectivity index (χ3n) is 10.6. The first-order valence-corrected chi connectivity index (χ1v) is 18.8. The van der Waals surface area contributed by atoms with E-state index in [4.69, 9.17) is 4.98 Å². The van der Waals surface area contributed by atoms with Gasteiger partial charge in [0.2, 0.25) is 0 Å². The van der Waals surface area contributed by atoms with Gasteiger partial charge >= 0.3 is 0 Å². The van der Waals surface area contributed by atoms with Crippen LogP contribution in [-0.2, 0) is 0 Å². The second-order valence-corrected chi connectivity index (χ2v) is 14.6. The van der Waals surface area contributed by atoms with Gasteiger partial charge in [-0.2, -0.15) is 0 Å². The molecule has 3 aromatic heterocycles. The Hall–Kier alpha value is -6.75. The molecule has 0 bridgehead atoms. The Morgan fingerprint density at radius 3 is 1.38 bits per heavy atom. The average molecular weight is 694 g/mol. The smallest absolute Gasteiger partial charge is 0.124 e. The zero-order chi connectivity index (χ0) is 34.9. The molecule has 11 aromatic rings. The molecule has 53 heavy (non-hydrogen) atoms. The van der Waals surface area contributed by atoms with Crippen molar-refractivity contribution in [2.45, 2.75) is 0 Å². The molecule has 0 saturated carbocycles. The third kappa shape index (κ3) is 4.70. The standard InChI is InChI=1S/C49H31N3S/c1-4-14-32(15-5-1)49-50-47-37(33-24-28-45-41(30-33)39-20-10-12-22-43(39)51(45)35-16-6-2-7-17-35)26-27-38(48(47)53-49)34-25-29-46-42(31-34)40-21-11-13-23-44(40)52(46)36-18-8-3-9-19-36/h1-31H. The fourth-order valence-corrected chi connectivity index (χ4v) is 9.29. The number of thiazole rings is 1. The molecule has 4 heteroatoms. The number of para-hydroxylation sites is 4. The lowest BCUT2D eigenvalue weighted by Gasteiger charge is -2.10. The second kappa shape index (κ2) is 11.9. The lowest BCUT2D eigenvalue weighted by molar-refractivity contribution is 1.18. The monoisotopic (exact) mass is 693 g/mol. The molecule has 0 amide bonds.